The number of hydrogen-bond donors (Lipinski definition) is 1. The zero-order valence-corrected chi connectivity index (χ0v) is 18.5. The van der Waals surface area contributed by atoms with Crippen molar-refractivity contribution in [3.8, 4) is 5.75 Å². The summed E-state index contributed by atoms with van der Waals surface area (Å²) in [4.78, 5) is 12.2. The van der Waals surface area contributed by atoms with E-state index in [1.807, 2.05) is 23.6 Å². The Balaban J connectivity index is 1.59. The number of hydrogen-bond acceptors (Lipinski definition) is 5. The van der Waals surface area contributed by atoms with E-state index < -0.39 is 5.82 Å². The van der Waals surface area contributed by atoms with Crippen LogP contribution in [0.1, 0.15) is 12.7 Å². The van der Waals surface area contributed by atoms with Crippen molar-refractivity contribution >= 4 is 50.9 Å². The van der Waals surface area contributed by atoms with Crippen molar-refractivity contribution in [3.63, 3.8) is 0 Å². The summed E-state index contributed by atoms with van der Waals surface area (Å²) in [5.41, 5.74) is 0.129. The van der Waals surface area contributed by atoms with E-state index >= 15 is 0 Å². The topological polar surface area (TPSA) is 69.0 Å². The number of carbonyl (C=O) groups excluding carboxylic acids is 1. The van der Waals surface area contributed by atoms with Crippen LogP contribution in [0.5, 0.6) is 5.75 Å². The molecule has 0 aliphatic rings. The van der Waals surface area contributed by atoms with Gasteiger partial charge in [-0.2, -0.15) is 0 Å². The number of halogens is 3. The van der Waals surface area contributed by atoms with Gasteiger partial charge in [-0.15, -0.1) is 10.2 Å². The monoisotopic (exact) mass is 498 g/mol. The maximum atomic E-state index is 13.8. The van der Waals surface area contributed by atoms with Crippen LogP contribution in [0.2, 0.25) is 5.02 Å². The van der Waals surface area contributed by atoms with Crippen molar-refractivity contribution in [3.05, 3.63) is 63.6 Å². The van der Waals surface area contributed by atoms with E-state index in [0.29, 0.717) is 32.8 Å². The Labute approximate surface area is 184 Å². The Morgan fingerprint density at radius 2 is 2.10 bits per heavy atom. The molecule has 0 bridgehead atoms. The van der Waals surface area contributed by atoms with Crippen LogP contribution in [0.4, 0.5) is 10.1 Å². The van der Waals surface area contributed by atoms with Crippen molar-refractivity contribution in [2.75, 3.05) is 11.1 Å². The Bertz CT molecular complexity index is 1020. The first-order valence-electron chi connectivity index (χ1n) is 8.65. The van der Waals surface area contributed by atoms with Gasteiger partial charge in [-0.1, -0.05) is 51.4 Å². The highest BCUT2D eigenvalue weighted by Crippen LogP contribution is 2.25. The van der Waals surface area contributed by atoms with E-state index in [1.165, 1.54) is 23.9 Å². The van der Waals surface area contributed by atoms with Gasteiger partial charge in [-0.05, 0) is 37.3 Å². The van der Waals surface area contributed by atoms with E-state index in [1.54, 1.807) is 18.2 Å². The van der Waals surface area contributed by atoms with Crippen molar-refractivity contribution in [1.82, 2.24) is 14.8 Å². The van der Waals surface area contributed by atoms with E-state index in [0.717, 1.165) is 0 Å². The van der Waals surface area contributed by atoms with E-state index in [9.17, 15) is 9.18 Å². The number of nitrogens with one attached hydrogen (secondary N) is 1. The van der Waals surface area contributed by atoms with Crippen molar-refractivity contribution in [2.45, 2.75) is 25.2 Å². The average molecular weight is 500 g/mol. The maximum Gasteiger partial charge on any atom is 0.234 e. The maximum absolute atomic E-state index is 13.8. The number of carbonyl (C=O) groups is 1. The molecule has 0 aliphatic carbocycles. The second-order valence-electron chi connectivity index (χ2n) is 5.82. The SMILES string of the molecule is CCn1c(COc2ccccc2Cl)nnc1SCC(=O)Nc1ccc(Br)cc1F. The van der Waals surface area contributed by atoms with Gasteiger partial charge in [-0.25, -0.2) is 4.39 Å². The summed E-state index contributed by atoms with van der Waals surface area (Å²) in [7, 11) is 0. The molecule has 3 rings (SSSR count). The average Bonchev–Trinajstić information content (AvgIpc) is 3.10. The molecule has 0 atom stereocenters. The predicted octanol–water partition coefficient (Wildman–Crippen LogP) is 5.16. The molecule has 1 heterocycles. The number of benzene rings is 2. The summed E-state index contributed by atoms with van der Waals surface area (Å²) in [6, 6.07) is 11.6. The van der Waals surface area contributed by atoms with E-state index in [2.05, 4.69) is 31.4 Å². The molecule has 1 amide bonds. The molecule has 1 N–H and O–H groups in total. The van der Waals surface area contributed by atoms with Gasteiger partial charge in [0, 0.05) is 11.0 Å². The van der Waals surface area contributed by atoms with Crippen LogP contribution in [0.15, 0.2) is 52.1 Å². The molecule has 0 radical (unpaired) electrons. The number of aromatic nitrogens is 3. The largest absolute Gasteiger partial charge is 0.484 e. The van der Waals surface area contributed by atoms with Gasteiger partial charge in [0.05, 0.1) is 16.5 Å². The van der Waals surface area contributed by atoms with Crippen LogP contribution >= 0.6 is 39.3 Å². The fourth-order valence-corrected chi connectivity index (χ4v) is 3.81. The summed E-state index contributed by atoms with van der Waals surface area (Å²) in [5, 5.41) is 11.9. The highest BCUT2D eigenvalue weighted by molar-refractivity contribution is 9.10. The number of ether oxygens (including phenoxy) is 1. The van der Waals surface area contributed by atoms with Gasteiger partial charge < -0.3 is 14.6 Å². The second kappa shape index (κ2) is 10.1. The molecule has 6 nitrogen and oxygen atoms in total. The number of nitrogens with zero attached hydrogens (tertiary/aromatic N) is 3. The summed E-state index contributed by atoms with van der Waals surface area (Å²) in [6.45, 7) is 2.75. The molecule has 0 unspecified atom stereocenters. The third kappa shape index (κ3) is 5.71. The number of amides is 1. The molecule has 2 aromatic carbocycles. The molecular weight excluding hydrogens is 483 g/mol. The first kappa shape index (κ1) is 21.6. The van der Waals surface area contributed by atoms with Crippen LogP contribution < -0.4 is 10.1 Å². The van der Waals surface area contributed by atoms with Crippen molar-refractivity contribution in [2.24, 2.45) is 0 Å². The summed E-state index contributed by atoms with van der Waals surface area (Å²) in [5.74, 6) is 0.405. The number of rotatable bonds is 8. The third-order valence-corrected chi connectivity index (χ3v) is 5.61. The molecule has 0 fully saturated rings. The lowest BCUT2D eigenvalue weighted by molar-refractivity contribution is -0.113. The molecule has 10 heteroatoms. The first-order valence-corrected chi connectivity index (χ1v) is 10.8. The molecule has 0 saturated heterocycles. The molecule has 0 spiro atoms. The third-order valence-electron chi connectivity index (χ3n) is 3.84. The minimum absolute atomic E-state index is 0.0685. The van der Waals surface area contributed by atoms with Gasteiger partial charge in [0.25, 0.3) is 0 Å². The molecule has 0 aliphatic heterocycles. The quantitative estimate of drug-likeness (QED) is 0.434. The van der Waals surface area contributed by atoms with Crippen molar-refractivity contribution < 1.29 is 13.9 Å². The summed E-state index contributed by atoms with van der Waals surface area (Å²) < 4.78 is 22.0. The molecule has 29 heavy (non-hydrogen) atoms. The predicted molar refractivity (Wildman–Crippen MR) is 115 cm³/mol. The summed E-state index contributed by atoms with van der Waals surface area (Å²) >= 11 is 10.5. The molecule has 0 saturated carbocycles. The van der Waals surface area contributed by atoms with Crippen LogP contribution in [0.3, 0.4) is 0 Å². The van der Waals surface area contributed by atoms with Gasteiger partial charge in [0.15, 0.2) is 11.0 Å². The lowest BCUT2D eigenvalue weighted by Gasteiger charge is -2.10. The summed E-state index contributed by atoms with van der Waals surface area (Å²) in [6.07, 6.45) is 0. The van der Waals surface area contributed by atoms with Crippen LogP contribution in [0.25, 0.3) is 0 Å². The zero-order chi connectivity index (χ0) is 20.8. The highest BCUT2D eigenvalue weighted by Gasteiger charge is 2.15. The molecular formula is C19H17BrClFN4O2S. The Hall–Kier alpha value is -2.10. The second-order valence-corrected chi connectivity index (χ2v) is 8.09. The standard InChI is InChI=1S/C19H17BrClFN4O2S/c1-2-26-17(10-28-16-6-4-3-5-13(16)21)24-25-19(26)29-11-18(27)23-15-8-7-12(20)9-14(15)22/h3-9H,2,10-11H2,1H3,(H,23,27). The lowest BCUT2D eigenvalue weighted by atomic mass is 10.3. The van der Waals surface area contributed by atoms with Gasteiger partial charge in [0.1, 0.15) is 18.2 Å². The van der Waals surface area contributed by atoms with Gasteiger partial charge in [-0.3, -0.25) is 4.79 Å². The minimum atomic E-state index is -0.506. The number of thioether (sulfide) groups is 1. The molecule has 3 aromatic rings. The lowest BCUT2D eigenvalue weighted by Crippen LogP contribution is -2.15. The fraction of sp³-hybridized carbons (Fsp3) is 0.211. The molecule has 152 valence electrons. The smallest absolute Gasteiger partial charge is 0.234 e. The fourth-order valence-electron chi connectivity index (χ4n) is 2.46. The number of para-hydroxylation sites is 1. The molecule has 1 aromatic heterocycles. The van der Waals surface area contributed by atoms with E-state index in [4.69, 9.17) is 16.3 Å². The number of anilines is 1. The van der Waals surface area contributed by atoms with E-state index in [-0.39, 0.29) is 24.0 Å². The van der Waals surface area contributed by atoms with Crippen LogP contribution in [-0.4, -0.2) is 26.4 Å². The zero-order valence-electron chi connectivity index (χ0n) is 15.4. The van der Waals surface area contributed by atoms with Crippen molar-refractivity contribution in [1.29, 1.82) is 0 Å². The van der Waals surface area contributed by atoms with Crippen LogP contribution in [-0.2, 0) is 17.9 Å². The minimum Gasteiger partial charge on any atom is -0.484 e. The van der Waals surface area contributed by atoms with Gasteiger partial charge >= 0.3 is 0 Å². The van der Waals surface area contributed by atoms with Crippen LogP contribution in [0, 0.1) is 5.82 Å². The Morgan fingerprint density at radius 1 is 1.31 bits per heavy atom. The Kier molecular flexibility index (Phi) is 7.51. The Morgan fingerprint density at radius 3 is 2.83 bits per heavy atom. The first-order chi connectivity index (χ1) is 14.0. The normalized spacial score (nSPS) is 10.8. The highest BCUT2D eigenvalue weighted by atomic mass is 79.9. The van der Waals surface area contributed by atoms with Gasteiger partial charge in [0.2, 0.25) is 5.91 Å².